The molecule has 142 valence electrons. The lowest BCUT2D eigenvalue weighted by Crippen LogP contribution is -1.96. The summed E-state index contributed by atoms with van der Waals surface area (Å²) < 4.78 is 2.33. The fourth-order valence-corrected chi connectivity index (χ4v) is 3.96. The van der Waals surface area contributed by atoms with Gasteiger partial charge in [0, 0.05) is 29.3 Å². The van der Waals surface area contributed by atoms with Crippen molar-refractivity contribution in [3.63, 3.8) is 0 Å². The van der Waals surface area contributed by atoms with Crippen LogP contribution in [0.2, 0.25) is 0 Å². The maximum atomic E-state index is 10.3. The lowest BCUT2D eigenvalue weighted by Gasteiger charge is -2.06. The minimum atomic E-state index is 0.242. The van der Waals surface area contributed by atoms with E-state index in [1.54, 1.807) is 6.07 Å². The van der Waals surface area contributed by atoms with E-state index in [4.69, 9.17) is 4.98 Å². The van der Waals surface area contributed by atoms with Crippen LogP contribution in [0.25, 0.3) is 44.5 Å². The van der Waals surface area contributed by atoms with Gasteiger partial charge in [-0.1, -0.05) is 31.2 Å². The molecule has 0 aliphatic carbocycles. The highest BCUT2D eigenvalue weighted by molar-refractivity contribution is 6.07. The molecule has 0 aliphatic rings. The molecule has 4 nitrogen and oxygen atoms in total. The van der Waals surface area contributed by atoms with Gasteiger partial charge in [0.15, 0.2) is 0 Å². The summed E-state index contributed by atoms with van der Waals surface area (Å²) in [6, 6.07) is 23.8. The lowest BCUT2D eigenvalue weighted by atomic mass is 10.1. The number of nitrogens with zero attached hydrogens (tertiary/aromatic N) is 3. The van der Waals surface area contributed by atoms with Crippen LogP contribution in [-0.2, 0) is 6.54 Å². The van der Waals surface area contributed by atoms with E-state index in [2.05, 4.69) is 40.7 Å². The van der Waals surface area contributed by atoms with Crippen LogP contribution < -0.4 is 0 Å². The standard InChI is InChI=1S/C25H21N3O/c1-2-15-28-22-12-10-17(20-8-5-6-14-26-20)16-19(22)25-23(28)13-11-21(27-25)18-7-3-4-9-24(18)29/h3-14,16,29H,2,15H2,1H3. The lowest BCUT2D eigenvalue weighted by molar-refractivity contribution is 0.477. The van der Waals surface area contributed by atoms with Gasteiger partial charge in [-0.15, -0.1) is 0 Å². The van der Waals surface area contributed by atoms with Gasteiger partial charge in [0.05, 0.1) is 27.9 Å². The topological polar surface area (TPSA) is 50.9 Å². The van der Waals surface area contributed by atoms with Crippen molar-refractivity contribution in [1.82, 2.24) is 14.5 Å². The summed E-state index contributed by atoms with van der Waals surface area (Å²) in [4.78, 5) is 9.47. The Hall–Kier alpha value is -3.66. The SMILES string of the molecule is CCCn1c2ccc(-c3ccccn3)cc2c2nc(-c3ccccc3O)ccc21. The molecule has 2 aromatic carbocycles. The third kappa shape index (κ3) is 2.93. The first-order valence-electron chi connectivity index (χ1n) is 9.89. The number of hydrogen-bond acceptors (Lipinski definition) is 3. The average Bonchev–Trinajstić information content (AvgIpc) is 3.07. The van der Waals surface area contributed by atoms with Crippen molar-refractivity contribution in [1.29, 1.82) is 0 Å². The number of para-hydroxylation sites is 1. The van der Waals surface area contributed by atoms with Gasteiger partial charge < -0.3 is 9.67 Å². The molecular weight excluding hydrogens is 358 g/mol. The third-order valence-corrected chi connectivity index (χ3v) is 5.30. The maximum absolute atomic E-state index is 10.3. The third-order valence-electron chi connectivity index (χ3n) is 5.30. The van der Waals surface area contributed by atoms with Crippen molar-refractivity contribution < 1.29 is 5.11 Å². The van der Waals surface area contributed by atoms with Gasteiger partial charge in [-0.25, -0.2) is 4.98 Å². The Balaban J connectivity index is 1.79. The number of phenols is 1. The van der Waals surface area contributed by atoms with Crippen molar-refractivity contribution in [3.8, 4) is 28.3 Å². The van der Waals surface area contributed by atoms with E-state index in [-0.39, 0.29) is 5.75 Å². The van der Waals surface area contributed by atoms with E-state index < -0.39 is 0 Å². The van der Waals surface area contributed by atoms with Gasteiger partial charge in [0.25, 0.3) is 0 Å². The number of fused-ring (bicyclic) bond motifs is 3. The monoisotopic (exact) mass is 379 g/mol. The Labute approximate surface area is 169 Å². The first-order valence-corrected chi connectivity index (χ1v) is 9.89. The van der Waals surface area contributed by atoms with Crippen LogP contribution in [0.1, 0.15) is 13.3 Å². The molecular formula is C25H21N3O. The summed E-state index contributed by atoms with van der Waals surface area (Å²) in [5.74, 6) is 0.242. The van der Waals surface area contributed by atoms with E-state index in [0.29, 0.717) is 0 Å². The molecule has 0 spiro atoms. The quantitative estimate of drug-likeness (QED) is 0.414. The van der Waals surface area contributed by atoms with Gasteiger partial charge >= 0.3 is 0 Å². The molecule has 5 aromatic rings. The van der Waals surface area contributed by atoms with Gasteiger partial charge in [-0.3, -0.25) is 4.98 Å². The molecule has 0 saturated carbocycles. The first kappa shape index (κ1) is 17.4. The van der Waals surface area contributed by atoms with Gasteiger partial charge in [-0.05, 0) is 55.0 Å². The summed E-state index contributed by atoms with van der Waals surface area (Å²) in [5.41, 5.74) is 6.77. The second kappa shape index (κ2) is 7.06. The summed E-state index contributed by atoms with van der Waals surface area (Å²) in [5, 5.41) is 11.4. The molecule has 5 rings (SSSR count). The molecule has 3 aromatic heterocycles. The molecule has 0 saturated heterocycles. The predicted octanol–water partition coefficient (Wildman–Crippen LogP) is 6.03. The molecule has 0 bridgehead atoms. The Morgan fingerprint density at radius 2 is 1.69 bits per heavy atom. The van der Waals surface area contributed by atoms with E-state index in [1.807, 2.05) is 48.7 Å². The highest BCUT2D eigenvalue weighted by atomic mass is 16.3. The van der Waals surface area contributed by atoms with Crippen LogP contribution >= 0.6 is 0 Å². The van der Waals surface area contributed by atoms with Crippen LogP contribution in [0.3, 0.4) is 0 Å². The Bertz CT molecular complexity index is 1320. The number of hydrogen-bond donors (Lipinski definition) is 1. The van der Waals surface area contributed by atoms with Gasteiger partial charge in [-0.2, -0.15) is 0 Å². The molecule has 3 heterocycles. The number of aromatic hydroxyl groups is 1. The van der Waals surface area contributed by atoms with Crippen LogP contribution in [0.4, 0.5) is 0 Å². The van der Waals surface area contributed by atoms with Crippen molar-refractivity contribution in [2.75, 3.05) is 0 Å². The molecule has 29 heavy (non-hydrogen) atoms. The Morgan fingerprint density at radius 3 is 2.48 bits per heavy atom. The molecule has 0 fully saturated rings. The number of pyridine rings is 2. The van der Waals surface area contributed by atoms with E-state index in [0.717, 1.165) is 51.9 Å². The highest BCUT2D eigenvalue weighted by Crippen LogP contribution is 2.34. The van der Waals surface area contributed by atoms with E-state index in [1.165, 1.54) is 5.52 Å². The van der Waals surface area contributed by atoms with Gasteiger partial charge in [0.2, 0.25) is 0 Å². The Morgan fingerprint density at radius 1 is 0.862 bits per heavy atom. The fraction of sp³-hybridized carbons (Fsp3) is 0.120. The maximum Gasteiger partial charge on any atom is 0.124 e. The van der Waals surface area contributed by atoms with Gasteiger partial charge in [0.1, 0.15) is 5.75 Å². The summed E-state index contributed by atoms with van der Waals surface area (Å²) in [7, 11) is 0. The number of aromatic nitrogens is 3. The summed E-state index contributed by atoms with van der Waals surface area (Å²) in [6.45, 7) is 3.12. The minimum absolute atomic E-state index is 0.242. The first-order chi connectivity index (χ1) is 14.3. The van der Waals surface area contributed by atoms with E-state index in [9.17, 15) is 5.11 Å². The van der Waals surface area contributed by atoms with Crippen LogP contribution in [-0.4, -0.2) is 19.6 Å². The van der Waals surface area contributed by atoms with Crippen LogP contribution in [0.5, 0.6) is 5.75 Å². The number of phenolic OH excluding ortho intramolecular Hbond substituents is 1. The molecule has 0 aliphatic heterocycles. The van der Waals surface area contributed by atoms with E-state index >= 15 is 0 Å². The van der Waals surface area contributed by atoms with Crippen LogP contribution in [0, 0.1) is 0 Å². The summed E-state index contributed by atoms with van der Waals surface area (Å²) >= 11 is 0. The average molecular weight is 379 g/mol. The molecule has 0 radical (unpaired) electrons. The highest BCUT2D eigenvalue weighted by Gasteiger charge is 2.15. The zero-order valence-corrected chi connectivity index (χ0v) is 16.2. The second-order valence-electron chi connectivity index (χ2n) is 7.18. The zero-order chi connectivity index (χ0) is 19.8. The largest absolute Gasteiger partial charge is 0.507 e. The van der Waals surface area contributed by atoms with Crippen molar-refractivity contribution in [2.24, 2.45) is 0 Å². The van der Waals surface area contributed by atoms with Crippen molar-refractivity contribution >= 4 is 21.9 Å². The Kier molecular flexibility index (Phi) is 4.24. The molecule has 0 unspecified atom stereocenters. The normalized spacial score (nSPS) is 11.3. The fourth-order valence-electron chi connectivity index (χ4n) is 3.96. The predicted molar refractivity (Wildman–Crippen MR) is 118 cm³/mol. The van der Waals surface area contributed by atoms with Crippen molar-refractivity contribution in [2.45, 2.75) is 19.9 Å². The number of aryl methyl sites for hydroxylation is 1. The van der Waals surface area contributed by atoms with Crippen LogP contribution in [0.15, 0.2) is 79.0 Å². The number of benzene rings is 2. The molecule has 1 N–H and O–H groups in total. The second-order valence-corrected chi connectivity index (χ2v) is 7.18. The zero-order valence-electron chi connectivity index (χ0n) is 16.2. The minimum Gasteiger partial charge on any atom is -0.507 e. The number of rotatable bonds is 4. The summed E-state index contributed by atoms with van der Waals surface area (Å²) in [6.07, 6.45) is 2.86. The van der Waals surface area contributed by atoms with Crippen molar-refractivity contribution in [3.05, 3.63) is 79.0 Å². The smallest absolute Gasteiger partial charge is 0.124 e. The molecule has 4 heteroatoms. The molecule has 0 atom stereocenters. The molecule has 0 amide bonds.